The highest BCUT2D eigenvalue weighted by atomic mass is 79.9. The Hall–Kier alpha value is -0.520. The van der Waals surface area contributed by atoms with E-state index in [-0.39, 0.29) is 24.4 Å². The topological polar surface area (TPSA) is 54.3 Å². The summed E-state index contributed by atoms with van der Waals surface area (Å²) in [6, 6.07) is 3.57. The molecule has 0 bridgehead atoms. The summed E-state index contributed by atoms with van der Waals surface area (Å²) in [5.41, 5.74) is 0. The van der Waals surface area contributed by atoms with E-state index < -0.39 is 0 Å². The number of halogens is 2. The van der Waals surface area contributed by atoms with E-state index in [1.165, 1.54) is 0 Å². The summed E-state index contributed by atoms with van der Waals surface area (Å²) < 4.78 is 5.65. The van der Waals surface area contributed by atoms with Gasteiger partial charge < -0.3 is 15.1 Å². The molecule has 1 aromatic heterocycles. The van der Waals surface area contributed by atoms with Crippen LogP contribution in [0.3, 0.4) is 0 Å². The zero-order chi connectivity index (χ0) is 10.6. The lowest BCUT2D eigenvalue weighted by atomic mass is 10.3. The Morgan fingerprint density at radius 2 is 2.27 bits per heavy atom. The molecule has 1 heterocycles. The first-order valence-electron chi connectivity index (χ1n) is 4.34. The predicted octanol–water partition coefficient (Wildman–Crippen LogP) is 1.80. The van der Waals surface area contributed by atoms with Crippen LogP contribution in [0.5, 0.6) is 0 Å². The molecule has 1 unspecified atom stereocenters. The molecule has 1 aromatic rings. The van der Waals surface area contributed by atoms with E-state index in [1.54, 1.807) is 12.1 Å². The monoisotopic (exact) mass is 296 g/mol. The van der Waals surface area contributed by atoms with E-state index in [1.807, 2.05) is 14.0 Å². The number of rotatable bonds is 4. The lowest BCUT2D eigenvalue weighted by Gasteiger charge is -2.09. The summed E-state index contributed by atoms with van der Waals surface area (Å²) in [4.78, 5) is 11.4. The molecule has 15 heavy (non-hydrogen) atoms. The van der Waals surface area contributed by atoms with Crippen molar-refractivity contribution in [2.24, 2.45) is 0 Å². The SMILES string of the molecule is CNC(C)CNC(=O)c1ccc(Br)o1.Cl. The second kappa shape index (κ2) is 6.87. The highest BCUT2D eigenvalue weighted by molar-refractivity contribution is 9.10. The van der Waals surface area contributed by atoms with E-state index >= 15 is 0 Å². The molecule has 0 saturated heterocycles. The Balaban J connectivity index is 0.00000196. The average molecular weight is 298 g/mol. The highest BCUT2D eigenvalue weighted by Gasteiger charge is 2.10. The van der Waals surface area contributed by atoms with Gasteiger partial charge in [-0.25, -0.2) is 0 Å². The van der Waals surface area contributed by atoms with Crippen molar-refractivity contribution < 1.29 is 9.21 Å². The lowest BCUT2D eigenvalue weighted by Crippen LogP contribution is -2.36. The Morgan fingerprint density at radius 1 is 1.60 bits per heavy atom. The number of carbonyl (C=O) groups is 1. The van der Waals surface area contributed by atoms with Gasteiger partial charge in [-0.3, -0.25) is 4.79 Å². The number of carbonyl (C=O) groups excluding carboxylic acids is 1. The summed E-state index contributed by atoms with van der Waals surface area (Å²) in [6.45, 7) is 2.56. The Kier molecular flexibility index (Phi) is 6.63. The van der Waals surface area contributed by atoms with Crippen LogP contribution >= 0.6 is 28.3 Å². The molecule has 0 radical (unpaired) electrons. The van der Waals surface area contributed by atoms with Crippen molar-refractivity contribution in [3.8, 4) is 0 Å². The van der Waals surface area contributed by atoms with Crippen molar-refractivity contribution in [1.29, 1.82) is 0 Å². The standard InChI is InChI=1S/C9H13BrN2O2.ClH/c1-6(11-2)5-12-9(13)7-3-4-8(10)14-7;/h3-4,6,11H,5H2,1-2H3,(H,12,13);1H. The molecule has 86 valence electrons. The van der Waals surface area contributed by atoms with Crippen LogP contribution in [0.4, 0.5) is 0 Å². The van der Waals surface area contributed by atoms with E-state index in [4.69, 9.17) is 4.42 Å². The molecular formula is C9H14BrClN2O2. The Morgan fingerprint density at radius 3 is 2.73 bits per heavy atom. The number of nitrogens with one attached hydrogen (secondary N) is 2. The van der Waals surface area contributed by atoms with Crippen LogP contribution in [0.15, 0.2) is 21.2 Å². The third kappa shape index (κ3) is 4.68. The van der Waals surface area contributed by atoms with Crippen LogP contribution in [-0.2, 0) is 0 Å². The van der Waals surface area contributed by atoms with Gasteiger partial charge in [-0.05, 0) is 42.0 Å². The molecule has 0 aliphatic rings. The van der Waals surface area contributed by atoms with Crippen LogP contribution in [0.2, 0.25) is 0 Å². The molecule has 0 saturated carbocycles. The van der Waals surface area contributed by atoms with Crippen molar-refractivity contribution in [2.75, 3.05) is 13.6 Å². The second-order valence-electron chi connectivity index (χ2n) is 3.00. The van der Waals surface area contributed by atoms with Crippen LogP contribution in [-0.4, -0.2) is 25.5 Å². The largest absolute Gasteiger partial charge is 0.444 e. The fraction of sp³-hybridized carbons (Fsp3) is 0.444. The zero-order valence-corrected chi connectivity index (χ0v) is 10.9. The van der Waals surface area contributed by atoms with E-state index in [0.717, 1.165) is 0 Å². The van der Waals surface area contributed by atoms with Crippen LogP contribution < -0.4 is 10.6 Å². The maximum Gasteiger partial charge on any atom is 0.287 e. The molecule has 0 aliphatic carbocycles. The summed E-state index contributed by atoms with van der Waals surface area (Å²) in [5, 5.41) is 5.77. The molecule has 6 heteroatoms. The number of amides is 1. The first kappa shape index (κ1) is 14.5. The Bertz CT molecular complexity index is 317. The van der Waals surface area contributed by atoms with E-state index in [9.17, 15) is 4.79 Å². The maximum absolute atomic E-state index is 11.4. The summed E-state index contributed by atoms with van der Waals surface area (Å²) in [6.07, 6.45) is 0. The van der Waals surface area contributed by atoms with Crippen molar-refractivity contribution in [2.45, 2.75) is 13.0 Å². The zero-order valence-electron chi connectivity index (χ0n) is 8.54. The maximum atomic E-state index is 11.4. The van der Waals surface area contributed by atoms with Crippen molar-refractivity contribution in [3.63, 3.8) is 0 Å². The normalized spacial score (nSPS) is 11.7. The van der Waals surface area contributed by atoms with Gasteiger partial charge in [0.2, 0.25) is 0 Å². The third-order valence-corrected chi connectivity index (χ3v) is 2.28. The molecule has 4 nitrogen and oxygen atoms in total. The van der Waals surface area contributed by atoms with Crippen LogP contribution in [0.1, 0.15) is 17.5 Å². The van der Waals surface area contributed by atoms with Crippen LogP contribution in [0, 0.1) is 0 Å². The van der Waals surface area contributed by atoms with Crippen LogP contribution in [0.25, 0.3) is 0 Å². The summed E-state index contributed by atoms with van der Waals surface area (Å²) in [7, 11) is 1.85. The highest BCUT2D eigenvalue weighted by Crippen LogP contribution is 2.13. The number of hydrogen-bond donors (Lipinski definition) is 2. The summed E-state index contributed by atoms with van der Waals surface area (Å²) in [5.74, 6) is 0.123. The van der Waals surface area contributed by atoms with Crippen molar-refractivity contribution in [1.82, 2.24) is 10.6 Å². The predicted molar refractivity (Wildman–Crippen MR) is 64.5 cm³/mol. The first-order chi connectivity index (χ1) is 6.63. The van der Waals surface area contributed by atoms with Crippen molar-refractivity contribution >= 4 is 34.2 Å². The van der Waals surface area contributed by atoms with Gasteiger partial charge in [-0.2, -0.15) is 0 Å². The van der Waals surface area contributed by atoms with Crippen molar-refractivity contribution in [3.05, 3.63) is 22.6 Å². The number of hydrogen-bond acceptors (Lipinski definition) is 3. The second-order valence-corrected chi connectivity index (χ2v) is 3.79. The van der Waals surface area contributed by atoms with E-state index in [2.05, 4.69) is 26.6 Å². The van der Waals surface area contributed by atoms with Gasteiger partial charge in [-0.15, -0.1) is 12.4 Å². The molecule has 0 aliphatic heterocycles. The first-order valence-corrected chi connectivity index (χ1v) is 5.13. The molecule has 0 spiro atoms. The summed E-state index contributed by atoms with van der Waals surface area (Å²) >= 11 is 3.14. The van der Waals surface area contributed by atoms with Gasteiger partial charge in [0.25, 0.3) is 5.91 Å². The van der Waals surface area contributed by atoms with Gasteiger partial charge in [0.05, 0.1) is 0 Å². The van der Waals surface area contributed by atoms with Gasteiger partial charge in [0.1, 0.15) is 0 Å². The van der Waals surface area contributed by atoms with Gasteiger partial charge >= 0.3 is 0 Å². The average Bonchev–Trinajstić information content (AvgIpc) is 2.60. The molecule has 0 fully saturated rings. The van der Waals surface area contributed by atoms with E-state index in [0.29, 0.717) is 17.0 Å². The molecule has 1 amide bonds. The quantitative estimate of drug-likeness (QED) is 0.891. The van der Waals surface area contributed by atoms with Gasteiger partial charge in [0, 0.05) is 12.6 Å². The lowest BCUT2D eigenvalue weighted by molar-refractivity contribution is 0.0921. The Labute approximate surface area is 103 Å². The minimum atomic E-state index is -0.196. The molecule has 1 rings (SSSR count). The number of likely N-dealkylation sites (N-methyl/N-ethyl adjacent to an activating group) is 1. The third-order valence-electron chi connectivity index (χ3n) is 1.86. The molecule has 1 atom stereocenters. The smallest absolute Gasteiger partial charge is 0.287 e. The molecule has 2 N–H and O–H groups in total. The fourth-order valence-electron chi connectivity index (χ4n) is 0.871. The molecule has 0 aromatic carbocycles. The minimum Gasteiger partial charge on any atom is -0.444 e. The molecular weight excluding hydrogens is 283 g/mol. The minimum absolute atomic E-state index is 0. The van der Waals surface area contributed by atoms with Gasteiger partial charge in [-0.1, -0.05) is 0 Å². The number of furan rings is 1. The van der Waals surface area contributed by atoms with Gasteiger partial charge in [0.15, 0.2) is 10.4 Å². The fourth-order valence-corrected chi connectivity index (χ4v) is 1.18.